The first-order valence-corrected chi connectivity index (χ1v) is 9.80. The molecule has 0 aliphatic heterocycles. The molecule has 24 heavy (non-hydrogen) atoms. The zero-order valence-electron chi connectivity index (χ0n) is 12.2. The minimum absolute atomic E-state index is 0.0511. The molecule has 0 atom stereocenters. The first-order valence-electron chi connectivity index (χ1n) is 6.77. The lowest BCUT2D eigenvalue weighted by Gasteiger charge is -2.12. The number of para-hydroxylation sites is 2. The summed E-state index contributed by atoms with van der Waals surface area (Å²) in [5, 5.41) is 5.78. The van der Waals surface area contributed by atoms with Crippen LogP contribution in [0, 0.1) is 0 Å². The number of primary sulfonamides is 1. The zero-order valence-corrected chi connectivity index (χ0v) is 13.9. The molecule has 0 aliphatic rings. The molecule has 0 bridgehead atoms. The molecule has 0 unspecified atom stereocenters. The fourth-order valence-corrected chi connectivity index (χ4v) is 4.31. The highest BCUT2D eigenvalue weighted by Crippen LogP contribution is 2.26. The van der Waals surface area contributed by atoms with E-state index in [1.54, 1.807) is 24.3 Å². The van der Waals surface area contributed by atoms with Gasteiger partial charge in [0, 0.05) is 11.6 Å². The molecule has 3 aromatic rings. The number of nitrogens with one attached hydrogen (secondary N) is 1. The summed E-state index contributed by atoms with van der Waals surface area (Å²) in [6, 6.07) is 13.7. The van der Waals surface area contributed by atoms with Crippen molar-refractivity contribution in [2.75, 3.05) is 4.72 Å². The van der Waals surface area contributed by atoms with Crippen LogP contribution in [0.1, 0.15) is 0 Å². The fourth-order valence-electron chi connectivity index (χ4n) is 2.29. The average Bonchev–Trinajstić information content (AvgIpc) is 2.53. The number of aromatic nitrogens is 1. The minimum atomic E-state index is -4.07. The number of sulfonamides is 2. The van der Waals surface area contributed by atoms with Crippen molar-refractivity contribution in [1.82, 2.24) is 4.98 Å². The van der Waals surface area contributed by atoms with Crippen molar-refractivity contribution in [2.24, 2.45) is 5.14 Å². The molecule has 0 saturated heterocycles. The normalized spacial score (nSPS) is 12.2. The van der Waals surface area contributed by atoms with Crippen LogP contribution in [0.2, 0.25) is 0 Å². The van der Waals surface area contributed by atoms with Crippen molar-refractivity contribution in [1.29, 1.82) is 0 Å². The highest BCUT2D eigenvalue weighted by molar-refractivity contribution is 7.93. The van der Waals surface area contributed by atoms with Gasteiger partial charge in [0.15, 0.2) is 0 Å². The number of rotatable bonds is 4. The fraction of sp³-hybridized carbons (Fsp3) is 0. The molecule has 0 spiro atoms. The van der Waals surface area contributed by atoms with Gasteiger partial charge in [-0.05, 0) is 24.3 Å². The van der Waals surface area contributed by atoms with E-state index in [4.69, 9.17) is 5.14 Å². The van der Waals surface area contributed by atoms with Gasteiger partial charge in [-0.1, -0.05) is 30.3 Å². The van der Waals surface area contributed by atoms with Gasteiger partial charge in [-0.2, -0.15) is 0 Å². The van der Waals surface area contributed by atoms with Gasteiger partial charge < -0.3 is 0 Å². The van der Waals surface area contributed by atoms with Crippen LogP contribution < -0.4 is 9.86 Å². The van der Waals surface area contributed by atoms with Gasteiger partial charge in [0.2, 0.25) is 10.0 Å². The number of nitrogens with two attached hydrogens (primary N) is 1. The molecule has 0 aliphatic carbocycles. The van der Waals surface area contributed by atoms with Crippen molar-refractivity contribution >= 4 is 36.6 Å². The van der Waals surface area contributed by atoms with E-state index in [0.717, 1.165) is 0 Å². The summed E-state index contributed by atoms with van der Waals surface area (Å²) in [7, 11) is -8.13. The van der Waals surface area contributed by atoms with Crippen LogP contribution in [-0.4, -0.2) is 21.8 Å². The SMILES string of the molecule is NS(=O)(=O)c1ccccc1NS(=O)(=O)c1cccc2cccnc12. The molecule has 0 radical (unpaired) electrons. The van der Waals surface area contributed by atoms with Gasteiger partial charge in [0.25, 0.3) is 10.0 Å². The molecule has 7 nitrogen and oxygen atoms in total. The second-order valence-electron chi connectivity index (χ2n) is 4.98. The molecule has 124 valence electrons. The molecule has 2 aromatic carbocycles. The third-order valence-corrected chi connectivity index (χ3v) is 5.69. The summed E-state index contributed by atoms with van der Waals surface area (Å²) in [4.78, 5) is 3.74. The molecular formula is C15H13N3O4S2. The van der Waals surface area contributed by atoms with Crippen LogP contribution in [0.15, 0.2) is 70.6 Å². The summed E-state index contributed by atoms with van der Waals surface area (Å²) in [6.45, 7) is 0. The van der Waals surface area contributed by atoms with Crippen LogP contribution in [0.3, 0.4) is 0 Å². The topological polar surface area (TPSA) is 119 Å². The second-order valence-corrected chi connectivity index (χ2v) is 8.16. The number of fused-ring (bicyclic) bond motifs is 1. The average molecular weight is 363 g/mol. The Labute approximate surface area is 139 Å². The van der Waals surface area contributed by atoms with E-state index >= 15 is 0 Å². The van der Waals surface area contributed by atoms with Crippen LogP contribution >= 0.6 is 0 Å². The largest absolute Gasteiger partial charge is 0.278 e. The van der Waals surface area contributed by atoms with E-state index in [2.05, 4.69) is 9.71 Å². The van der Waals surface area contributed by atoms with Gasteiger partial charge in [0.05, 0.1) is 11.2 Å². The van der Waals surface area contributed by atoms with E-state index in [-0.39, 0.29) is 15.5 Å². The van der Waals surface area contributed by atoms with Gasteiger partial charge in [0.1, 0.15) is 9.79 Å². The Kier molecular flexibility index (Phi) is 3.99. The van der Waals surface area contributed by atoms with E-state index < -0.39 is 20.0 Å². The minimum Gasteiger partial charge on any atom is -0.278 e. The van der Waals surface area contributed by atoms with E-state index in [9.17, 15) is 16.8 Å². The molecule has 0 saturated carbocycles. The van der Waals surface area contributed by atoms with Crippen molar-refractivity contribution in [2.45, 2.75) is 9.79 Å². The highest BCUT2D eigenvalue weighted by atomic mass is 32.2. The van der Waals surface area contributed by atoms with Crippen molar-refractivity contribution in [3.05, 3.63) is 60.8 Å². The van der Waals surface area contributed by atoms with Crippen LogP contribution in [0.5, 0.6) is 0 Å². The van der Waals surface area contributed by atoms with E-state index in [1.807, 2.05) is 0 Å². The molecular weight excluding hydrogens is 350 g/mol. The van der Waals surface area contributed by atoms with Gasteiger partial charge in [-0.25, -0.2) is 22.0 Å². The molecule has 1 heterocycles. The molecule has 0 fully saturated rings. The van der Waals surface area contributed by atoms with Crippen molar-refractivity contribution in [3.63, 3.8) is 0 Å². The third kappa shape index (κ3) is 3.09. The number of anilines is 1. The highest BCUT2D eigenvalue weighted by Gasteiger charge is 2.22. The first-order chi connectivity index (χ1) is 11.3. The molecule has 9 heteroatoms. The van der Waals surface area contributed by atoms with Gasteiger partial charge >= 0.3 is 0 Å². The monoisotopic (exact) mass is 363 g/mol. The third-order valence-electron chi connectivity index (χ3n) is 3.32. The second kappa shape index (κ2) is 5.86. The maximum Gasteiger partial charge on any atom is 0.264 e. The Morgan fingerprint density at radius 2 is 1.50 bits per heavy atom. The first kappa shape index (κ1) is 16.4. The van der Waals surface area contributed by atoms with Crippen LogP contribution in [0.25, 0.3) is 10.9 Å². The van der Waals surface area contributed by atoms with Gasteiger partial charge in [-0.15, -0.1) is 0 Å². The van der Waals surface area contributed by atoms with Crippen LogP contribution in [-0.2, 0) is 20.0 Å². The summed E-state index contributed by atoms with van der Waals surface area (Å²) >= 11 is 0. The van der Waals surface area contributed by atoms with Crippen LogP contribution in [0.4, 0.5) is 5.69 Å². The quantitative estimate of drug-likeness (QED) is 0.731. The number of nitrogens with zero attached hydrogens (tertiary/aromatic N) is 1. The van der Waals surface area contributed by atoms with Gasteiger partial charge in [-0.3, -0.25) is 9.71 Å². The summed E-state index contributed by atoms with van der Waals surface area (Å²) in [6.07, 6.45) is 1.49. The maximum atomic E-state index is 12.7. The number of hydrogen-bond acceptors (Lipinski definition) is 5. The zero-order chi connectivity index (χ0) is 17.4. The molecule has 0 amide bonds. The summed E-state index contributed by atoms with van der Waals surface area (Å²) in [5.41, 5.74) is 0.175. The molecule has 3 rings (SSSR count). The lowest BCUT2D eigenvalue weighted by Crippen LogP contribution is -2.19. The lowest BCUT2D eigenvalue weighted by molar-refractivity contribution is 0.598. The van der Waals surface area contributed by atoms with E-state index in [0.29, 0.717) is 10.9 Å². The smallest absolute Gasteiger partial charge is 0.264 e. The summed E-state index contributed by atoms with van der Waals surface area (Å²) < 4.78 is 50.9. The van der Waals surface area contributed by atoms with E-state index in [1.165, 1.54) is 36.5 Å². The Balaban J connectivity index is 2.14. The lowest BCUT2D eigenvalue weighted by atomic mass is 10.2. The predicted octanol–water partition coefficient (Wildman–Crippen LogP) is 1.68. The Bertz CT molecular complexity index is 1120. The van der Waals surface area contributed by atoms with Crippen molar-refractivity contribution < 1.29 is 16.8 Å². The number of pyridine rings is 1. The molecule has 3 N–H and O–H groups in total. The Morgan fingerprint density at radius 3 is 2.25 bits per heavy atom. The number of hydrogen-bond donors (Lipinski definition) is 2. The van der Waals surface area contributed by atoms with Crippen molar-refractivity contribution in [3.8, 4) is 0 Å². The Hall–Kier alpha value is -2.49. The standard InChI is InChI=1S/C15H13N3O4S2/c16-23(19,20)13-8-2-1-7-12(13)18-24(21,22)14-9-3-5-11-6-4-10-17-15(11)14/h1-10,18H,(H2,16,19,20). The summed E-state index contributed by atoms with van der Waals surface area (Å²) in [5.74, 6) is 0. The number of benzene rings is 2. The Morgan fingerprint density at radius 1 is 0.833 bits per heavy atom. The maximum absolute atomic E-state index is 12.7. The predicted molar refractivity (Wildman–Crippen MR) is 90.4 cm³/mol. The molecule has 1 aromatic heterocycles.